The molecule has 0 aromatic carbocycles. The summed E-state index contributed by atoms with van der Waals surface area (Å²) in [4.78, 5) is 18.6. The van der Waals surface area contributed by atoms with E-state index in [-0.39, 0.29) is 12.1 Å². The van der Waals surface area contributed by atoms with Crippen LogP contribution in [-0.2, 0) is 4.74 Å². The van der Waals surface area contributed by atoms with E-state index in [0.717, 1.165) is 31.0 Å². The van der Waals surface area contributed by atoms with Gasteiger partial charge in [-0.05, 0) is 68.8 Å². The maximum absolute atomic E-state index is 11.8. The summed E-state index contributed by atoms with van der Waals surface area (Å²) in [6.07, 6.45) is 0.562. The fourth-order valence-electron chi connectivity index (χ4n) is 2.33. The number of amides is 1. The molecule has 2 rings (SSSR count). The lowest BCUT2D eigenvalue weighted by Crippen LogP contribution is -2.40. The molecule has 1 aromatic heterocycles. The Labute approximate surface area is 139 Å². The van der Waals surface area contributed by atoms with Gasteiger partial charge in [0, 0.05) is 22.4 Å². The molecule has 0 radical (unpaired) electrons. The van der Waals surface area contributed by atoms with Crippen LogP contribution in [0.5, 0.6) is 0 Å². The molecule has 1 N–H and O–H groups in total. The summed E-state index contributed by atoms with van der Waals surface area (Å²) in [5, 5.41) is 2.93. The number of nitrogens with zero attached hydrogens (tertiary/aromatic N) is 2. The summed E-state index contributed by atoms with van der Waals surface area (Å²) >= 11 is 2.30. The lowest BCUT2D eigenvalue weighted by molar-refractivity contribution is 0.0509. The second-order valence-electron chi connectivity index (χ2n) is 6.36. The van der Waals surface area contributed by atoms with Crippen molar-refractivity contribution in [2.45, 2.75) is 45.8 Å². The number of aryl methyl sites for hydroxylation is 1. The van der Waals surface area contributed by atoms with Crippen LogP contribution >= 0.6 is 22.6 Å². The number of hydrogen-bond acceptors (Lipinski definition) is 4. The summed E-state index contributed by atoms with van der Waals surface area (Å²) in [5.74, 6) is 0.980. The summed E-state index contributed by atoms with van der Waals surface area (Å²) in [5.41, 5.74) is 0.553. The second kappa shape index (κ2) is 6.37. The third kappa shape index (κ3) is 5.01. The Kier molecular flexibility index (Phi) is 4.95. The summed E-state index contributed by atoms with van der Waals surface area (Å²) in [6, 6.07) is 4.24. The highest BCUT2D eigenvalue weighted by molar-refractivity contribution is 14.1. The predicted octanol–water partition coefficient (Wildman–Crippen LogP) is 3.10. The van der Waals surface area contributed by atoms with Crippen LogP contribution in [0.25, 0.3) is 0 Å². The van der Waals surface area contributed by atoms with Crippen LogP contribution in [0.1, 0.15) is 32.9 Å². The molecule has 5 nitrogen and oxygen atoms in total. The molecule has 1 aliphatic rings. The SMILES string of the molecule is Cc1cc(I)cc(N2CC[C@H](NC(=O)OC(C)(C)C)C2)n1. The molecule has 1 aromatic rings. The molecule has 0 aliphatic carbocycles. The zero-order valence-electron chi connectivity index (χ0n) is 12.9. The first-order valence-corrected chi connectivity index (χ1v) is 8.19. The number of halogens is 1. The maximum Gasteiger partial charge on any atom is 0.407 e. The molecule has 0 unspecified atom stereocenters. The zero-order chi connectivity index (χ0) is 15.6. The van der Waals surface area contributed by atoms with E-state index >= 15 is 0 Å². The third-order valence-electron chi connectivity index (χ3n) is 3.14. The van der Waals surface area contributed by atoms with Gasteiger partial charge in [0.2, 0.25) is 0 Å². The highest BCUT2D eigenvalue weighted by Crippen LogP contribution is 2.21. The molecule has 1 aliphatic heterocycles. The molecule has 1 atom stereocenters. The van der Waals surface area contributed by atoms with Crippen LogP contribution in [0.4, 0.5) is 10.6 Å². The fourth-order valence-corrected chi connectivity index (χ4v) is 3.06. The average Bonchev–Trinajstić information content (AvgIpc) is 2.73. The number of anilines is 1. The molecule has 1 saturated heterocycles. The molecule has 2 heterocycles. The summed E-state index contributed by atoms with van der Waals surface area (Å²) in [6.45, 7) is 9.27. The van der Waals surface area contributed by atoms with Crippen molar-refractivity contribution in [3.63, 3.8) is 0 Å². The fraction of sp³-hybridized carbons (Fsp3) is 0.600. The van der Waals surface area contributed by atoms with E-state index in [1.165, 1.54) is 3.57 Å². The van der Waals surface area contributed by atoms with E-state index in [2.05, 4.69) is 49.9 Å². The largest absolute Gasteiger partial charge is 0.444 e. The van der Waals surface area contributed by atoms with E-state index in [0.29, 0.717) is 0 Å². The minimum absolute atomic E-state index is 0.111. The molecule has 116 valence electrons. The Morgan fingerprint density at radius 1 is 1.48 bits per heavy atom. The molecule has 21 heavy (non-hydrogen) atoms. The van der Waals surface area contributed by atoms with Crippen molar-refractivity contribution in [3.8, 4) is 0 Å². The number of carbonyl (C=O) groups is 1. The number of rotatable bonds is 2. The van der Waals surface area contributed by atoms with Gasteiger partial charge in [-0.25, -0.2) is 9.78 Å². The molecular formula is C15H22IN3O2. The van der Waals surface area contributed by atoms with Crippen molar-refractivity contribution in [1.29, 1.82) is 0 Å². The van der Waals surface area contributed by atoms with Crippen molar-refractivity contribution < 1.29 is 9.53 Å². The van der Waals surface area contributed by atoms with Gasteiger partial charge in [0.1, 0.15) is 11.4 Å². The van der Waals surface area contributed by atoms with E-state index in [4.69, 9.17) is 4.74 Å². The number of alkyl carbamates (subject to hydrolysis) is 1. The third-order valence-corrected chi connectivity index (χ3v) is 3.76. The van der Waals surface area contributed by atoms with E-state index in [1.807, 2.05) is 27.7 Å². The van der Waals surface area contributed by atoms with Crippen LogP contribution in [-0.4, -0.2) is 35.8 Å². The van der Waals surface area contributed by atoms with Gasteiger partial charge in [0.15, 0.2) is 0 Å². The van der Waals surface area contributed by atoms with Gasteiger partial charge < -0.3 is 15.0 Å². The van der Waals surface area contributed by atoms with Crippen LogP contribution in [0.2, 0.25) is 0 Å². The topological polar surface area (TPSA) is 54.5 Å². The monoisotopic (exact) mass is 403 g/mol. The Bertz CT molecular complexity index is 508. The normalized spacial score (nSPS) is 18.7. The number of aromatic nitrogens is 1. The van der Waals surface area contributed by atoms with Crippen molar-refractivity contribution in [1.82, 2.24) is 10.3 Å². The first-order valence-electron chi connectivity index (χ1n) is 7.11. The Morgan fingerprint density at radius 3 is 2.81 bits per heavy atom. The Hall–Kier alpha value is -1.05. The van der Waals surface area contributed by atoms with Crippen LogP contribution < -0.4 is 10.2 Å². The highest BCUT2D eigenvalue weighted by Gasteiger charge is 2.27. The highest BCUT2D eigenvalue weighted by atomic mass is 127. The molecule has 6 heteroatoms. The smallest absolute Gasteiger partial charge is 0.407 e. The number of ether oxygens (including phenoxy) is 1. The van der Waals surface area contributed by atoms with E-state index in [9.17, 15) is 4.79 Å². The van der Waals surface area contributed by atoms with Gasteiger partial charge in [-0.15, -0.1) is 0 Å². The maximum atomic E-state index is 11.8. The predicted molar refractivity (Wildman–Crippen MR) is 91.7 cm³/mol. The van der Waals surface area contributed by atoms with Crippen LogP contribution in [0.15, 0.2) is 12.1 Å². The quantitative estimate of drug-likeness (QED) is 0.772. The van der Waals surface area contributed by atoms with Crippen molar-refractivity contribution in [2.75, 3.05) is 18.0 Å². The zero-order valence-corrected chi connectivity index (χ0v) is 15.1. The first-order chi connectivity index (χ1) is 9.73. The van der Waals surface area contributed by atoms with Crippen molar-refractivity contribution in [3.05, 3.63) is 21.4 Å². The van der Waals surface area contributed by atoms with Gasteiger partial charge >= 0.3 is 6.09 Å². The van der Waals surface area contributed by atoms with Crippen LogP contribution in [0.3, 0.4) is 0 Å². The van der Waals surface area contributed by atoms with Gasteiger partial charge in [-0.1, -0.05) is 0 Å². The lowest BCUT2D eigenvalue weighted by Gasteiger charge is -2.22. The minimum Gasteiger partial charge on any atom is -0.444 e. The minimum atomic E-state index is -0.462. The lowest BCUT2D eigenvalue weighted by atomic mass is 10.2. The molecular weight excluding hydrogens is 381 g/mol. The Balaban J connectivity index is 1.93. The summed E-state index contributed by atoms with van der Waals surface area (Å²) < 4.78 is 6.47. The molecule has 1 fully saturated rings. The van der Waals surface area contributed by atoms with E-state index in [1.54, 1.807) is 0 Å². The summed E-state index contributed by atoms with van der Waals surface area (Å²) in [7, 11) is 0. The molecule has 0 saturated carbocycles. The molecule has 0 bridgehead atoms. The van der Waals surface area contributed by atoms with Crippen LogP contribution in [0, 0.1) is 10.5 Å². The van der Waals surface area contributed by atoms with Gasteiger partial charge in [0.05, 0.1) is 6.04 Å². The standard InChI is InChI=1S/C15H22IN3O2/c1-10-7-11(16)8-13(17-10)19-6-5-12(9-19)18-14(20)21-15(2,3)4/h7-8,12H,5-6,9H2,1-4H3,(H,18,20)/t12-/m0/s1. The molecule has 0 spiro atoms. The molecule has 1 amide bonds. The number of carbonyl (C=O) groups excluding carboxylic acids is 1. The average molecular weight is 403 g/mol. The number of nitrogens with one attached hydrogen (secondary N) is 1. The van der Waals surface area contributed by atoms with Gasteiger partial charge in [-0.2, -0.15) is 0 Å². The van der Waals surface area contributed by atoms with Gasteiger partial charge in [0.25, 0.3) is 0 Å². The number of hydrogen-bond donors (Lipinski definition) is 1. The van der Waals surface area contributed by atoms with E-state index < -0.39 is 5.60 Å². The number of pyridine rings is 1. The van der Waals surface area contributed by atoms with Crippen molar-refractivity contribution in [2.24, 2.45) is 0 Å². The first kappa shape index (κ1) is 16.3. The second-order valence-corrected chi connectivity index (χ2v) is 7.61. The van der Waals surface area contributed by atoms with Gasteiger partial charge in [-0.3, -0.25) is 0 Å². The Morgan fingerprint density at radius 2 is 2.19 bits per heavy atom. The van der Waals surface area contributed by atoms with Crippen molar-refractivity contribution >= 4 is 34.5 Å².